The van der Waals surface area contributed by atoms with E-state index in [1.807, 2.05) is 11.0 Å². The number of hydrogen-bond acceptors (Lipinski definition) is 5. The van der Waals surface area contributed by atoms with E-state index >= 15 is 0 Å². The van der Waals surface area contributed by atoms with Gasteiger partial charge in [0.15, 0.2) is 0 Å². The summed E-state index contributed by atoms with van der Waals surface area (Å²) in [5, 5.41) is 11.3. The molecule has 3 fully saturated rings. The number of amides is 1. The Kier molecular flexibility index (Phi) is 3.78. The van der Waals surface area contributed by atoms with Crippen molar-refractivity contribution in [3.05, 3.63) is 41.8 Å². The van der Waals surface area contributed by atoms with E-state index in [1.165, 1.54) is 18.4 Å². The molecule has 5 rings (SSSR count). The van der Waals surface area contributed by atoms with Crippen molar-refractivity contribution in [1.82, 2.24) is 15.1 Å². The summed E-state index contributed by atoms with van der Waals surface area (Å²) in [6.07, 6.45) is 6.02. The molecule has 1 amide bonds. The van der Waals surface area contributed by atoms with E-state index in [0.29, 0.717) is 17.3 Å². The van der Waals surface area contributed by atoms with Crippen LogP contribution in [-0.4, -0.2) is 40.6 Å². The molecule has 1 aromatic carbocycles. The number of hydrogen-bond donors (Lipinski definition) is 1. The van der Waals surface area contributed by atoms with Gasteiger partial charge >= 0.3 is 6.01 Å². The second-order valence-electron chi connectivity index (χ2n) is 8.72. The molecule has 0 unspecified atom stereocenters. The van der Waals surface area contributed by atoms with Gasteiger partial charge < -0.3 is 14.6 Å². The second kappa shape index (κ2) is 6.08. The number of carbonyl (C=O) groups is 1. The number of piperidine rings is 1. The largest absolute Gasteiger partial charge is 0.408 e. The van der Waals surface area contributed by atoms with E-state index in [1.54, 1.807) is 0 Å². The molecule has 2 aliphatic carbocycles. The van der Waals surface area contributed by atoms with Gasteiger partial charge in [0.2, 0.25) is 11.8 Å². The van der Waals surface area contributed by atoms with Crippen molar-refractivity contribution < 1.29 is 9.21 Å². The predicted octanol–water partition coefficient (Wildman–Crippen LogP) is 3.33. The van der Waals surface area contributed by atoms with Crippen LogP contribution >= 0.6 is 0 Å². The molecular weight excluding hydrogens is 340 g/mol. The zero-order chi connectivity index (χ0) is 18.5. The maximum absolute atomic E-state index is 12.4. The standard InChI is InChI=1S/C21H26N4O2/c1-20(15-5-3-2-4-6-15)13-16(20)18-23-24-19(27-18)22-14-17(26)25-11-9-21(7-8-21)10-12-25/h2-6,16H,7-14H2,1H3,(H,22,24)/t16-,20+/m1/s1. The molecule has 3 aliphatic rings. The Bertz CT molecular complexity index is 835. The van der Waals surface area contributed by atoms with Crippen LogP contribution in [0.5, 0.6) is 0 Å². The van der Waals surface area contributed by atoms with Gasteiger partial charge in [-0.3, -0.25) is 4.79 Å². The van der Waals surface area contributed by atoms with Crippen LogP contribution < -0.4 is 5.32 Å². The van der Waals surface area contributed by atoms with Gasteiger partial charge in [-0.25, -0.2) is 0 Å². The van der Waals surface area contributed by atoms with Crippen LogP contribution in [0.3, 0.4) is 0 Å². The highest BCUT2D eigenvalue weighted by molar-refractivity contribution is 5.80. The second-order valence-corrected chi connectivity index (χ2v) is 8.72. The highest BCUT2D eigenvalue weighted by atomic mass is 16.4. The first-order chi connectivity index (χ1) is 13.1. The van der Waals surface area contributed by atoms with Crippen LogP contribution in [0.1, 0.15) is 56.4 Å². The molecule has 1 aromatic heterocycles. The molecule has 142 valence electrons. The van der Waals surface area contributed by atoms with E-state index in [9.17, 15) is 4.79 Å². The molecule has 1 saturated heterocycles. The average Bonchev–Trinajstić information content (AvgIpc) is 3.56. The Morgan fingerprint density at radius 3 is 2.63 bits per heavy atom. The molecular formula is C21H26N4O2. The zero-order valence-corrected chi connectivity index (χ0v) is 15.8. The van der Waals surface area contributed by atoms with Crippen molar-refractivity contribution >= 4 is 11.9 Å². The Hall–Kier alpha value is -2.37. The molecule has 6 nitrogen and oxygen atoms in total. The topological polar surface area (TPSA) is 71.3 Å². The van der Waals surface area contributed by atoms with Gasteiger partial charge in [0.25, 0.3) is 0 Å². The number of nitrogens with one attached hydrogen (secondary N) is 1. The van der Waals surface area contributed by atoms with Gasteiger partial charge in [0.1, 0.15) is 0 Å². The minimum absolute atomic E-state index is 0.0629. The van der Waals surface area contributed by atoms with Crippen molar-refractivity contribution in [1.29, 1.82) is 0 Å². The lowest BCUT2D eigenvalue weighted by Gasteiger charge is -2.32. The minimum Gasteiger partial charge on any atom is -0.408 e. The lowest BCUT2D eigenvalue weighted by molar-refractivity contribution is -0.130. The quantitative estimate of drug-likeness (QED) is 0.879. The van der Waals surface area contributed by atoms with Crippen LogP contribution in [0.15, 0.2) is 34.7 Å². The number of benzene rings is 1. The molecule has 2 heterocycles. The number of anilines is 1. The van der Waals surface area contributed by atoms with Crippen molar-refractivity contribution in [2.24, 2.45) is 5.41 Å². The fourth-order valence-electron chi connectivity index (χ4n) is 4.48. The average molecular weight is 366 g/mol. The number of aromatic nitrogens is 2. The monoisotopic (exact) mass is 366 g/mol. The number of carbonyl (C=O) groups excluding carboxylic acids is 1. The minimum atomic E-state index is 0.0629. The van der Waals surface area contributed by atoms with E-state index in [0.717, 1.165) is 32.4 Å². The lowest BCUT2D eigenvalue weighted by Crippen LogP contribution is -2.41. The summed E-state index contributed by atoms with van der Waals surface area (Å²) in [6.45, 7) is 4.21. The molecule has 1 spiro atoms. The summed E-state index contributed by atoms with van der Waals surface area (Å²) in [5.74, 6) is 1.02. The Labute approximate surface area is 159 Å². The first kappa shape index (κ1) is 16.8. The van der Waals surface area contributed by atoms with E-state index < -0.39 is 0 Å². The van der Waals surface area contributed by atoms with Gasteiger partial charge in [-0.2, -0.15) is 0 Å². The summed E-state index contributed by atoms with van der Waals surface area (Å²) in [4.78, 5) is 14.4. The molecule has 0 bridgehead atoms. The van der Waals surface area contributed by atoms with E-state index in [4.69, 9.17) is 4.42 Å². The molecule has 2 aromatic rings. The maximum Gasteiger partial charge on any atom is 0.315 e. The van der Waals surface area contributed by atoms with Gasteiger partial charge in [-0.05, 0) is 43.1 Å². The summed E-state index contributed by atoms with van der Waals surface area (Å²) >= 11 is 0. The lowest BCUT2D eigenvalue weighted by atomic mass is 9.94. The van der Waals surface area contributed by atoms with Gasteiger partial charge in [0.05, 0.1) is 6.54 Å². The third kappa shape index (κ3) is 3.11. The first-order valence-electron chi connectivity index (χ1n) is 9.99. The third-order valence-electron chi connectivity index (χ3n) is 6.93. The highest BCUT2D eigenvalue weighted by Crippen LogP contribution is 2.59. The highest BCUT2D eigenvalue weighted by Gasteiger charge is 2.55. The summed E-state index contributed by atoms with van der Waals surface area (Å²) in [7, 11) is 0. The van der Waals surface area contributed by atoms with E-state index in [2.05, 4.69) is 46.7 Å². The fraction of sp³-hybridized carbons (Fsp3) is 0.571. The van der Waals surface area contributed by atoms with E-state index in [-0.39, 0.29) is 23.8 Å². The molecule has 27 heavy (non-hydrogen) atoms. The van der Waals surface area contributed by atoms with Crippen LogP contribution in [0.2, 0.25) is 0 Å². The van der Waals surface area contributed by atoms with Gasteiger partial charge in [-0.1, -0.05) is 42.4 Å². The molecule has 0 radical (unpaired) electrons. The van der Waals surface area contributed by atoms with Crippen LogP contribution in [-0.2, 0) is 10.2 Å². The molecule has 1 aliphatic heterocycles. The first-order valence-corrected chi connectivity index (χ1v) is 9.99. The predicted molar refractivity (Wildman–Crippen MR) is 101 cm³/mol. The van der Waals surface area contributed by atoms with Crippen LogP contribution in [0, 0.1) is 5.41 Å². The zero-order valence-electron chi connectivity index (χ0n) is 15.8. The van der Waals surface area contributed by atoms with Gasteiger partial charge in [-0.15, -0.1) is 5.10 Å². The van der Waals surface area contributed by atoms with Crippen LogP contribution in [0.25, 0.3) is 0 Å². The van der Waals surface area contributed by atoms with Crippen molar-refractivity contribution in [2.45, 2.75) is 50.4 Å². The molecule has 1 N–H and O–H groups in total. The summed E-state index contributed by atoms with van der Waals surface area (Å²) in [5.41, 5.74) is 1.95. The Morgan fingerprint density at radius 2 is 1.93 bits per heavy atom. The maximum atomic E-state index is 12.4. The van der Waals surface area contributed by atoms with Crippen molar-refractivity contribution in [3.63, 3.8) is 0 Å². The van der Waals surface area contributed by atoms with Crippen LogP contribution in [0.4, 0.5) is 6.01 Å². The van der Waals surface area contributed by atoms with Crippen molar-refractivity contribution in [2.75, 3.05) is 25.0 Å². The molecule has 6 heteroatoms. The molecule has 2 atom stereocenters. The third-order valence-corrected chi connectivity index (χ3v) is 6.93. The number of likely N-dealkylation sites (tertiary alicyclic amines) is 1. The number of nitrogens with zero attached hydrogens (tertiary/aromatic N) is 3. The van der Waals surface area contributed by atoms with Gasteiger partial charge in [0, 0.05) is 24.4 Å². The smallest absolute Gasteiger partial charge is 0.315 e. The molecule has 2 saturated carbocycles. The SMILES string of the molecule is C[C@@]1(c2ccccc2)C[C@@H]1c1nnc(NCC(=O)N2CCC3(CC2)CC3)o1. The fourth-order valence-corrected chi connectivity index (χ4v) is 4.48. The van der Waals surface area contributed by atoms with Crippen molar-refractivity contribution in [3.8, 4) is 0 Å². The number of rotatable bonds is 5. The normalized spacial score (nSPS) is 28.2. The summed E-state index contributed by atoms with van der Waals surface area (Å²) in [6, 6.07) is 10.8. The Balaban J connectivity index is 1.16. The Morgan fingerprint density at radius 1 is 1.19 bits per heavy atom. The summed E-state index contributed by atoms with van der Waals surface area (Å²) < 4.78 is 5.80.